The first-order valence-electron chi connectivity index (χ1n) is 3.87. The van der Waals surface area contributed by atoms with E-state index in [4.69, 9.17) is 5.11 Å². The molecule has 1 N–H and O–H groups in total. The van der Waals surface area contributed by atoms with E-state index in [1.165, 1.54) is 13.0 Å². The molecule has 1 amide bonds. The number of rotatable bonds is 5. The Kier molecular flexibility index (Phi) is 5.07. The molecule has 0 fully saturated rings. The van der Waals surface area contributed by atoms with Gasteiger partial charge in [0, 0.05) is 19.1 Å². The molecule has 0 aliphatic rings. The van der Waals surface area contributed by atoms with Gasteiger partial charge < -0.3 is 5.11 Å². The van der Waals surface area contributed by atoms with E-state index in [0.717, 1.165) is 4.31 Å². The number of amides is 1. The van der Waals surface area contributed by atoms with Crippen LogP contribution in [-0.4, -0.2) is 32.6 Å². The molecule has 80 valence electrons. The number of hydrogen-bond acceptors (Lipinski definition) is 4. The van der Waals surface area contributed by atoms with Gasteiger partial charge in [-0.05, 0) is 0 Å². The van der Waals surface area contributed by atoms with Gasteiger partial charge in [0.1, 0.15) is 0 Å². The van der Waals surface area contributed by atoms with Gasteiger partial charge >= 0.3 is 5.97 Å². The van der Waals surface area contributed by atoms with Crippen LogP contribution in [0.15, 0.2) is 12.7 Å². The third-order valence-corrected chi connectivity index (χ3v) is 3.03. The number of carbonyl (C=O) groups excluding carboxylic acids is 1. The van der Waals surface area contributed by atoms with Crippen LogP contribution in [0.25, 0.3) is 0 Å². The molecule has 0 aliphatic heterocycles. The highest BCUT2D eigenvalue weighted by Gasteiger charge is 2.42. The number of carboxylic acid groups (broad SMARTS) is 1. The maximum Gasteiger partial charge on any atom is 0.331 e. The Balaban J connectivity index is 5.11. The molecular formula is C8H13NO3S2. The molecule has 6 heteroatoms. The first-order chi connectivity index (χ1) is 6.42. The summed E-state index contributed by atoms with van der Waals surface area (Å²) in [6.45, 7) is 4.70. The van der Waals surface area contributed by atoms with Gasteiger partial charge in [-0.1, -0.05) is 18.9 Å². The summed E-state index contributed by atoms with van der Waals surface area (Å²) < 4.78 is 0.879. The second-order valence-electron chi connectivity index (χ2n) is 2.82. The fraction of sp³-hybridized carbons (Fsp3) is 0.500. The average Bonchev–Trinajstić information content (AvgIpc) is 2.12. The van der Waals surface area contributed by atoms with Gasteiger partial charge in [0.2, 0.25) is 5.91 Å². The SMILES string of the molecule is C=CCC(CS)(C(=O)O)N(S)C(C)=O. The Hall–Kier alpha value is -0.620. The molecule has 4 nitrogen and oxygen atoms in total. The minimum absolute atomic E-state index is 0.0164. The Morgan fingerprint density at radius 3 is 2.36 bits per heavy atom. The topological polar surface area (TPSA) is 57.6 Å². The zero-order valence-corrected chi connectivity index (χ0v) is 9.59. The number of nitrogens with zero attached hydrogens (tertiary/aromatic N) is 1. The van der Waals surface area contributed by atoms with Crippen LogP contribution < -0.4 is 0 Å². The standard InChI is InChI=1S/C8H13NO3S2/c1-3-4-8(5-13,7(11)12)9(14)6(2)10/h3,13-14H,1,4-5H2,2H3,(H,11,12). The van der Waals surface area contributed by atoms with Crippen molar-refractivity contribution >= 4 is 37.3 Å². The van der Waals surface area contributed by atoms with Crippen LogP contribution in [0.3, 0.4) is 0 Å². The van der Waals surface area contributed by atoms with Crippen molar-refractivity contribution in [3.05, 3.63) is 12.7 Å². The second-order valence-corrected chi connectivity index (χ2v) is 3.53. The van der Waals surface area contributed by atoms with Crippen molar-refractivity contribution in [2.24, 2.45) is 0 Å². The lowest BCUT2D eigenvalue weighted by atomic mass is 9.97. The highest BCUT2D eigenvalue weighted by Crippen LogP contribution is 2.25. The van der Waals surface area contributed by atoms with E-state index in [1.54, 1.807) is 0 Å². The first kappa shape index (κ1) is 13.4. The summed E-state index contributed by atoms with van der Waals surface area (Å²) in [7, 11) is 0. The quantitative estimate of drug-likeness (QED) is 0.492. The van der Waals surface area contributed by atoms with Gasteiger partial charge in [0.25, 0.3) is 0 Å². The lowest BCUT2D eigenvalue weighted by Gasteiger charge is -2.34. The summed E-state index contributed by atoms with van der Waals surface area (Å²) in [5.74, 6) is -1.60. The molecule has 0 aliphatic carbocycles. The zero-order chi connectivity index (χ0) is 11.4. The van der Waals surface area contributed by atoms with Crippen LogP contribution in [0.2, 0.25) is 0 Å². The monoisotopic (exact) mass is 235 g/mol. The van der Waals surface area contributed by atoms with Crippen molar-refractivity contribution in [2.75, 3.05) is 5.75 Å². The minimum Gasteiger partial charge on any atom is -0.479 e. The number of thiol groups is 2. The maximum atomic E-state index is 11.0. The summed E-state index contributed by atoms with van der Waals surface area (Å²) >= 11 is 7.80. The Morgan fingerprint density at radius 2 is 2.14 bits per heavy atom. The van der Waals surface area contributed by atoms with Gasteiger partial charge in [-0.25, -0.2) is 4.79 Å². The molecule has 1 unspecified atom stereocenters. The molecular weight excluding hydrogens is 222 g/mol. The fourth-order valence-electron chi connectivity index (χ4n) is 1.00. The molecule has 0 radical (unpaired) electrons. The Bertz CT molecular complexity index is 257. The Morgan fingerprint density at radius 1 is 1.64 bits per heavy atom. The molecule has 0 aromatic heterocycles. The van der Waals surface area contributed by atoms with E-state index < -0.39 is 17.4 Å². The highest BCUT2D eigenvalue weighted by atomic mass is 32.1. The molecule has 0 saturated heterocycles. The normalized spacial score (nSPS) is 14.2. The molecule has 0 heterocycles. The number of carboxylic acids is 1. The van der Waals surface area contributed by atoms with Gasteiger partial charge in [-0.3, -0.25) is 9.10 Å². The van der Waals surface area contributed by atoms with E-state index in [-0.39, 0.29) is 12.2 Å². The smallest absolute Gasteiger partial charge is 0.331 e. The van der Waals surface area contributed by atoms with Crippen LogP contribution in [0.5, 0.6) is 0 Å². The lowest BCUT2D eigenvalue weighted by Crippen LogP contribution is -2.53. The number of hydrogen-bond donors (Lipinski definition) is 3. The van der Waals surface area contributed by atoms with Crippen molar-refractivity contribution < 1.29 is 14.7 Å². The number of aliphatic carboxylic acids is 1. The van der Waals surface area contributed by atoms with E-state index in [0.29, 0.717) is 0 Å². The van der Waals surface area contributed by atoms with Crippen molar-refractivity contribution in [1.82, 2.24) is 4.31 Å². The van der Waals surface area contributed by atoms with Crippen molar-refractivity contribution in [2.45, 2.75) is 18.9 Å². The maximum absolute atomic E-state index is 11.0. The highest BCUT2D eigenvalue weighted by molar-refractivity contribution is 7.80. The summed E-state index contributed by atoms with van der Waals surface area (Å²) in [5.41, 5.74) is -1.42. The van der Waals surface area contributed by atoms with Gasteiger partial charge in [0.05, 0.1) is 0 Å². The molecule has 0 rings (SSSR count). The summed E-state index contributed by atoms with van der Waals surface area (Å²) in [6.07, 6.45) is 1.53. The molecule has 0 bridgehead atoms. The molecule has 0 saturated carbocycles. The van der Waals surface area contributed by atoms with Crippen molar-refractivity contribution in [3.63, 3.8) is 0 Å². The van der Waals surface area contributed by atoms with Crippen molar-refractivity contribution in [3.8, 4) is 0 Å². The minimum atomic E-state index is -1.42. The van der Waals surface area contributed by atoms with Gasteiger partial charge in [0.15, 0.2) is 5.54 Å². The van der Waals surface area contributed by atoms with Crippen LogP contribution in [0.4, 0.5) is 0 Å². The fourth-order valence-corrected chi connectivity index (χ4v) is 1.76. The zero-order valence-electron chi connectivity index (χ0n) is 7.80. The third-order valence-electron chi connectivity index (χ3n) is 1.85. The second kappa shape index (κ2) is 5.31. The predicted molar refractivity (Wildman–Crippen MR) is 60.5 cm³/mol. The first-order valence-corrected chi connectivity index (χ1v) is 4.90. The van der Waals surface area contributed by atoms with Crippen molar-refractivity contribution in [1.29, 1.82) is 0 Å². The van der Waals surface area contributed by atoms with E-state index in [2.05, 4.69) is 32.0 Å². The Labute approximate surface area is 93.9 Å². The van der Waals surface area contributed by atoms with Gasteiger partial charge in [-0.2, -0.15) is 12.6 Å². The molecule has 0 aromatic carbocycles. The molecule has 0 spiro atoms. The summed E-state index contributed by atoms with van der Waals surface area (Å²) in [4.78, 5) is 22.1. The van der Waals surface area contributed by atoms with E-state index in [9.17, 15) is 9.59 Å². The van der Waals surface area contributed by atoms with E-state index >= 15 is 0 Å². The third kappa shape index (κ3) is 2.45. The molecule has 14 heavy (non-hydrogen) atoms. The molecule has 1 atom stereocenters. The summed E-state index contributed by atoms with van der Waals surface area (Å²) in [6, 6.07) is 0. The van der Waals surface area contributed by atoms with Crippen LogP contribution in [0, 0.1) is 0 Å². The lowest BCUT2D eigenvalue weighted by molar-refractivity contribution is -0.150. The van der Waals surface area contributed by atoms with Crippen LogP contribution in [0.1, 0.15) is 13.3 Å². The molecule has 0 aromatic rings. The van der Waals surface area contributed by atoms with Gasteiger partial charge in [-0.15, -0.1) is 6.58 Å². The van der Waals surface area contributed by atoms with Crippen LogP contribution in [-0.2, 0) is 9.59 Å². The average molecular weight is 235 g/mol. The van der Waals surface area contributed by atoms with Crippen LogP contribution >= 0.6 is 25.4 Å². The largest absolute Gasteiger partial charge is 0.479 e. The summed E-state index contributed by atoms with van der Waals surface area (Å²) in [5, 5.41) is 9.03. The van der Waals surface area contributed by atoms with E-state index in [1.807, 2.05) is 0 Å². The number of carbonyl (C=O) groups is 2. The predicted octanol–water partition coefficient (Wildman–Crippen LogP) is 1.01.